The van der Waals surface area contributed by atoms with E-state index in [9.17, 15) is 4.79 Å². The molecule has 16 heavy (non-hydrogen) atoms. The predicted molar refractivity (Wildman–Crippen MR) is 71.5 cm³/mol. The minimum atomic E-state index is -0.0224. The lowest BCUT2D eigenvalue weighted by atomic mass is 10.0. The second kappa shape index (κ2) is 5.76. The van der Waals surface area contributed by atoms with Crippen LogP contribution in [0.25, 0.3) is 0 Å². The molecule has 3 heteroatoms. The second-order valence-electron chi connectivity index (χ2n) is 4.71. The molecule has 0 bridgehead atoms. The van der Waals surface area contributed by atoms with Gasteiger partial charge in [0.25, 0.3) is 0 Å². The number of nitrogens with one attached hydrogen (secondary N) is 1. The molecule has 1 amide bonds. The second-order valence-corrected chi connectivity index (χ2v) is 6.29. The number of amides is 1. The summed E-state index contributed by atoms with van der Waals surface area (Å²) in [5.74, 6) is 0.225. The molecule has 1 rings (SSSR count). The summed E-state index contributed by atoms with van der Waals surface area (Å²) in [5, 5.41) is 3.36. The maximum absolute atomic E-state index is 11.8. The van der Waals surface area contributed by atoms with Crippen molar-refractivity contribution in [3.05, 3.63) is 12.2 Å². The molecular formula is C13H23NOS. The summed E-state index contributed by atoms with van der Waals surface area (Å²) >= 11 is 1.83. The highest BCUT2D eigenvalue weighted by molar-refractivity contribution is 8.02. The number of rotatable bonds is 6. The number of thioether (sulfide) groups is 1. The van der Waals surface area contributed by atoms with Crippen LogP contribution in [0.5, 0.6) is 0 Å². The smallest absolute Gasteiger partial charge is 0.234 e. The van der Waals surface area contributed by atoms with Crippen molar-refractivity contribution < 1.29 is 4.79 Å². The maximum Gasteiger partial charge on any atom is 0.234 e. The molecule has 1 heterocycles. The quantitative estimate of drug-likeness (QED) is 0.721. The Morgan fingerprint density at radius 2 is 2.19 bits per heavy atom. The van der Waals surface area contributed by atoms with Crippen molar-refractivity contribution in [2.75, 3.05) is 0 Å². The van der Waals surface area contributed by atoms with Crippen LogP contribution in [-0.4, -0.2) is 16.0 Å². The highest BCUT2D eigenvalue weighted by Crippen LogP contribution is 2.42. The zero-order valence-electron chi connectivity index (χ0n) is 10.6. The lowest BCUT2D eigenvalue weighted by Gasteiger charge is -2.28. The molecular weight excluding hydrogens is 218 g/mol. The Balaban J connectivity index is 2.67. The third-order valence-corrected chi connectivity index (χ3v) is 4.78. The average molecular weight is 241 g/mol. The van der Waals surface area contributed by atoms with E-state index in [1.807, 2.05) is 11.8 Å². The van der Waals surface area contributed by atoms with Crippen LogP contribution in [0.15, 0.2) is 12.2 Å². The van der Waals surface area contributed by atoms with Crippen LogP contribution >= 0.6 is 11.8 Å². The number of carbonyl (C=O) groups is 1. The fourth-order valence-corrected chi connectivity index (χ4v) is 3.69. The van der Waals surface area contributed by atoms with E-state index in [0.29, 0.717) is 0 Å². The lowest BCUT2D eigenvalue weighted by molar-refractivity contribution is -0.120. The summed E-state index contributed by atoms with van der Waals surface area (Å²) in [6.07, 6.45) is 5.12. The summed E-state index contributed by atoms with van der Waals surface area (Å²) in [5.41, 5.74) is 1.20. The monoisotopic (exact) mass is 241 g/mol. The standard InChI is InChI=1S/C13H23NOS/c1-5-8-13(9-7-10(3)4)14-12(15)11(6-2)16-13/h11H,3,5-9H2,1-2,4H3,(H,14,15). The van der Waals surface area contributed by atoms with Gasteiger partial charge in [-0.1, -0.05) is 25.8 Å². The van der Waals surface area contributed by atoms with Gasteiger partial charge in [0.2, 0.25) is 5.91 Å². The summed E-state index contributed by atoms with van der Waals surface area (Å²) in [7, 11) is 0. The van der Waals surface area contributed by atoms with Gasteiger partial charge in [0.15, 0.2) is 0 Å². The topological polar surface area (TPSA) is 29.1 Å². The van der Waals surface area contributed by atoms with Crippen molar-refractivity contribution >= 4 is 17.7 Å². The largest absolute Gasteiger partial charge is 0.341 e. The zero-order valence-corrected chi connectivity index (χ0v) is 11.5. The van der Waals surface area contributed by atoms with E-state index in [0.717, 1.165) is 32.1 Å². The summed E-state index contributed by atoms with van der Waals surface area (Å²) in [6.45, 7) is 10.3. The van der Waals surface area contributed by atoms with Gasteiger partial charge in [-0.3, -0.25) is 4.79 Å². The minimum Gasteiger partial charge on any atom is -0.341 e. The maximum atomic E-state index is 11.8. The molecule has 0 aromatic heterocycles. The van der Waals surface area contributed by atoms with Gasteiger partial charge >= 0.3 is 0 Å². The molecule has 0 radical (unpaired) electrons. The van der Waals surface area contributed by atoms with Gasteiger partial charge in [0.05, 0.1) is 10.1 Å². The van der Waals surface area contributed by atoms with Gasteiger partial charge in [-0.05, 0) is 32.6 Å². The number of allylic oxidation sites excluding steroid dienone is 1. The molecule has 1 aliphatic rings. The van der Waals surface area contributed by atoms with Crippen LogP contribution in [0.4, 0.5) is 0 Å². The minimum absolute atomic E-state index is 0.0224. The fraction of sp³-hybridized carbons (Fsp3) is 0.769. The highest BCUT2D eigenvalue weighted by atomic mass is 32.2. The van der Waals surface area contributed by atoms with Crippen molar-refractivity contribution in [3.8, 4) is 0 Å². The normalized spacial score (nSPS) is 29.2. The van der Waals surface area contributed by atoms with Crippen molar-refractivity contribution in [3.63, 3.8) is 0 Å². The molecule has 1 saturated heterocycles. The third kappa shape index (κ3) is 3.27. The molecule has 0 saturated carbocycles. The van der Waals surface area contributed by atoms with Crippen LogP contribution in [-0.2, 0) is 4.79 Å². The molecule has 92 valence electrons. The van der Waals surface area contributed by atoms with Crippen LogP contribution < -0.4 is 5.32 Å². The first-order valence-electron chi connectivity index (χ1n) is 6.17. The van der Waals surface area contributed by atoms with E-state index in [1.165, 1.54) is 5.57 Å². The number of carbonyl (C=O) groups excluding carboxylic acids is 1. The highest BCUT2D eigenvalue weighted by Gasteiger charge is 2.42. The molecule has 1 aliphatic heterocycles. The summed E-state index contributed by atoms with van der Waals surface area (Å²) in [6, 6.07) is 0. The first-order valence-corrected chi connectivity index (χ1v) is 7.05. The van der Waals surface area contributed by atoms with Gasteiger partial charge in [0.1, 0.15) is 0 Å². The molecule has 2 nitrogen and oxygen atoms in total. The van der Waals surface area contributed by atoms with E-state index in [1.54, 1.807) is 0 Å². The van der Waals surface area contributed by atoms with Crippen molar-refractivity contribution in [1.82, 2.24) is 5.32 Å². The van der Waals surface area contributed by atoms with Gasteiger partial charge in [0, 0.05) is 0 Å². The molecule has 1 fully saturated rings. The molecule has 0 aromatic rings. The van der Waals surface area contributed by atoms with Crippen molar-refractivity contribution in [1.29, 1.82) is 0 Å². The first kappa shape index (κ1) is 13.6. The predicted octanol–water partition coefficient (Wildman–Crippen LogP) is 3.48. The summed E-state index contributed by atoms with van der Waals surface area (Å²) < 4.78 is 0. The Morgan fingerprint density at radius 3 is 2.62 bits per heavy atom. The average Bonchev–Trinajstić information content (AvgIpc) is 2.53. The van der Waals surface area contributed by atoms with Crippen LogP contribution in [0.2, 0.25) is 0 Å². The van der Waals surface area contributed by atoms with Gasteiger partial charge in [-0.15, -0.1) is 18.3 Å². The van der Waals surface area contributed by atoms with E-state index in [4.69, 9.17) is 0 Å². The Labute approximate surface area is 103 Å². The molecule has 2 unspecified atom stereocenters. The van der Waals surface area contributed by atoms with Crippen LogP contribution in [0.1, 0.15) is 52.9 Å². The molecule has 0 aliphatic carbocycles. The van der Waals surface area contributed by atoms with Crippen LogP contribution in [0.3, 0.4) is 0 Å². The van der Waals surface area contributed by atoms with Crippen LogP contribution in [0, 0.1) is 0 Å². The molecule has 2 atom stereocenters. The summed E-state index contributed by atoms with van der Waals surface area (Å²) in [4.78, 5) is 11.8. The first-order chi connectivity index (χ1) is 7.53. The van der Waals surface area contributed by atoms with Gasteiger partial charge < -0.3 is 5.32 Å². The van der Waals surface area contributed by atoms with Crippen molar-refractivity contribution in [2.45, 2.75) is 63.0 Å². The van der Waals surface area contributed by atoms with E-state index < -0.39 is 0 Å². The number of hydrogen-bond acceptors (Lipinski definition) is 2. The Morgan fingerprint density at radius 1 is 1.50 bits per heavy atom. The third-order valence-electron chi connectivity index (χ3n) is 2.99. The molecule has 1 N–H and O–H groups in total. The van der Waals surface area contributed by atoms with E-state index in [2.05, 4.69) is 32.7 Å². The van der Waals surface area contributed by atoms with Gasteiger partial charge in [-0.2, -0.15) is 0 Å². The molecule has 0 aromatic carbocycles. The van der Waals surface area contributed by atoms with Gasteiger partial charge in [-0.25, -0.2) is 0 Å². The lowest BCUT2D eigenvalue weighted by Crippen LogP contribution is -2.39. The zero-order chi connectivity index (χ0) is 12.2. The fourth-order valence-electron chi connectivity index (χ4n) is 2.12. The Kier molecular flexibility index (Phi) is 4.90. The SMILES string of the molecule is C=C(C)CCC1(CCC)NC(=O)C(CC)S1. The number of hydrogen-bond donors (Lipinski definition) is 1. The van der Waals surface area contributed by atoms with Crippen molar-refractivity contribution in [2.24, 2.45) is 0 Å². The Bertz CT molecular complexity index is 277. The molecule has 0 spiro atoms. The van der Waals surface area contributed by atoms with E-state index in [-0.39, 0.29) is 16.0 Å². The van der Waals surface area contributed by atoms with E-state index >= 15 is 0 Å². The Hall–Kier alpha value is -0.440.